The first kappa shape index (κ1) is 18.8. The van der Waals surface area contributed by atoms with Crippen LogP contribution in [0, 0.1) is 11.3 Å². The number of amides is 2. The predicted octanol–water partition coefficient (Wildman–Crippen LogP) is 4.96. The van der Waals surface area contributed by atoms with Crippen molar-refractivity contribution >= 4 is 40.7 Å². The Labute approximate surface area is 171 Å². The second-order valence-corrected chi connectivity index (χ2v) is 6.96. The monoisotopic (exact) mass is 406 g/mol. The molecule has 0 aliphatic carbocycles. The van der Waals surface area contributed by atoms with Crippen LogP contribution in [-0.4, -0.2) is 23.3 Å². The summed E-state index contributed by atoms with van der Waals surface area (Å²) in [4.78, 5) is 26.0. The van der Waals surface area contributed by atoms with E-state index in [2.05, 4.69) is 0 Å². The van der Waals surface area contributed by atoms with E-state index in [9.17, 15) is 14.9 Å². The van der Waals surface area contributed by atoms with Crippen LogP contribution in [-0.2, 0) is 9.59 Å². The number of nitrogens with zero attached hydrogens (tertiary/aromatic N) is 2. The van der Waals surface area contributed by atoms with E-state index in [1.165, 1.54) is 6.08 Å². The topological polar surface area (TPSA) is 87.4 Å². The summed E-state index contributed by atoms with van der Waals surface area (Å²) in [6, 6.07) is 12.6. The fourth-order valence-electron chi connectivity index (χ4n) is 3.24. The largest absolute Gasteiger partial charge is 0.453 e. The summed E-state index contributed by atoms with van der Waals surface area (Å²) in [5, 5.41) is 9.95. The van der Waals surface area contributed by atoms with Gasteiger partial charge in [0.25, 0.3) is 11.8 Å². The number of carbonyl (C=O) groups excluding carboxylic acids is 2. The molecule has 29 heavy (non-hydrogen) atoms. The number of imide groups is 1. The van der Waals surface area contributed by atoms with E-state index in [-0.39, 0.29) is 17.7 Å². The second kappa shape index (κ2) is 7.12. The molecule has 0 bridgehead atoms. The van der Waals surface area contributed by atoms with Crippen LogP contribution in [0.1, 0.15) is 19.6 Å². The minimum Gasteiger partial charge on any atom is -0.453 e. The van der Waals surface area contributed by atoms with Crippen molar-refractivity contribution < 1.29 is 18.4 Å². The molecular weight excluding hydrogens is 392 g/mol. The maximum atomic E-state index is 12.7. The van der Waals surface area contributed by atoms with Crippen molar-refractivity contribution in [1.29, 1.82) is 5.26 Å². The third kappa shape index (κ3) is 3.16. The summed E-state index contributed by atoms with van der Waals surface area (Å²) >= 11 is 5.91. The number of likely N-dealkylation sites (N-methyl/N-ethyl adjacent to an activating group) is 1. The summed E-state index contributed by atoms with van der Waals surface area (Å²) in [5.74, 6) is 0.0000870. The van der Waals surface area contributed by atoms with Crippen LogP contribution in [0.2, 0.25) is 5.02 Å². The molecule has 1 aliphatic heterocycles. The van der Waals surface area contributed by atoms with Crippen molar-refractivity contribution in [1.82, 2.24) is 4.90 Å². The summed E-state index contributed by atoms with van der Waals surface area (Å²) in [5.41, 5.74) is 2.45. The van der Waals surface area contributed by atoms with Gasteiger partial charge in [-0.1, -0.05) is 11.6 Å². The van der Waals surface area contributed by atoms with Gasteiger partial charge in [0.05, 0.1) is 0 Å². The maximum Gasteiger partial charge on any atom is 0.271 e. The molecule has 6 nitrogen and oxygen atoms in total. The molecule has 3 aromatic rings. The molecule has 3 heterocycles. The van der Waals surface area contributed by atoms with Gasteiger partial charge in [0.15, 0.2) is 11.2 Å². The van der Waals surface area contributed by atoms with Crippen LogP contribution in [0.4, 0.5) is 0 Å². The third-order valence-corrected chi connectivity index (χ3v) is 5.04. The van der Waals surface area contributed by atoms with Gasteiger partial charge in [-0.15, -0.1) is 0 Å². The molecule has 0 atom stereocenters. The summed E-state index contributed by atoms with van der Waals surface area (Å²) in [7, 11) is 0. The molecule has 1 aromatic carbocycles. The molecule has 0 saturated carbocycles. The lowest BCUT2D eigenvalue weighted by atomic mass is 9.95. The average molecular weight is 407 g/mol. The van der Waals surface area contributed by atoms with Crippen molar-refractivity contribution in [2.45, 2.75) is 13.8 Å². The number of carbonyl (C=O) groups is 2. The first-order valence-corrected chi connectivity index (χ1v) is 9.29. The molecule has 1 aliphatic rings. The van der Waals surface area contributed by atoms with Crippen LogP contribution < -0.4 is 0 Å². The van der Waals surface area contributed by atoms with E-state index >= 15 is 0 Å². The number of hydrogen-bond donors (Lipinski definition) is 0. The number of hydrogen-bond acceptors (Lipinski definition) is 5. The molecule has 0 spiro atoms. The van der Waals surface area contributed by atoms with Gasteiger partial charge in [0.1, 0.15) is 23.2 Å². The SMILES string of the molecule is CCN1C(=O)C(C#N)=C(C)/C(=C/c2cc3oc(-c4ccc(Cl)cc4)cc3o2)C1=O. The molecule has 144 valence electrons. The number of halogens is 1. The standard InChI is InChI=1S/C22H15ClN2O4/c1-3-25-21(26)16(12(2)17(11-24)22(25)27)8-15-9-19-20(28-15)10-18(29-19)13-4-6-14(23)7-5-13/h4-10H,3H2,1-2H3/b16-8-. The Morgan fingerprint density at radius 2 is 1.79 bits per heavy atom. The van der Waals surface area contributed by atoms with Gasteiger partial charge in [-0.25, -0.2) is 0 Å². The Morgan fingerprint density at radius 3 is 2.41 bits per heavy atom. The summed E-state index contributed by atoms with van der Waals surface area (Å²) in [6.45, 7) is 3.44. The molecule has 2 aromatic heterocycles. The number of nitriles is 1. The lowest BCUT2D eigenvalue weighted by Crippen LogP contribution is -2.42. The number of rotatable bonds is 3. The predicted molar refractivity (Wildman–Crippen MR) is 108 cm³/mol. The maximum absolute atomic E-state index is 12.7. The van der Waals surface area contributed by atoms with Crippen molar-refractivity contribution in [2.75, 3.05) is 6.54 Å². The molecule has 2 amide bonds. The molecular formula is C22H15ClN2O4. The number of benzene rings is 1. The van der Waals surface area contributed by atoms with Gasteiger partial charge in [-0.2, -0.15) is 5.26 Å². The summed E-state index contributed by atoms with van der Waals surface area (Å²) < 4.78 is 11.6. The van der Waals surface area contributed by atoms with Gasteiger partial charge in [-0.05, 0) is 49.8 Å². The quantitative estimate of drug-likeness (QED) is 0.453. The molecule has 0 fully saturated rings. The van der Waals surface area contributed by atoms with Crippen molar-refractivity contribution in [3.63, 3.8) is 0 Å². The fraction of sp³-hybridized carbons (Fsp3) is 0.136. The zero-order valence-corrected chi connectivity index (χ0v) is 16.4. The fourth-order valence-corrected chi connectivity index (χ4v) is 3.37. The highest BCUT2D eigenvalue weighted by Crippen LogP contribution is 2.33. The van der Waals surface area contributed by atoms with Crippen LogP contribution in [0.5, 0.6) is 0 Å². The van der Waals surface area contributed by atoms with Gasteiger partial charge in [-0.3, -0.25) is 14.5 Å². The molecule has 0 saturated heterocycles. The molecule has 4 rings (SSSR count). The smallest absolute Gasteiger partial charge is 0.271 e. The Bertz CT molecular complexity index is 1220. The van der Waals surface area contributed by atoms with Crippen LogP contribution in [0.25, 0.3) is 28.6 Å². The Hall–Kier alpha value is -3.56. The van der Waals surface area contributed by atoms with Gasteiger partial charge < -0.3 is 8.83 Å². The number of furan rings is 2. The lowest BCUT2D eigenvalue weighted by Gasteiger charge is -2.25. The van der Waals surface area contributed by atoms with E-state index in [0.29, 0.717) is 33.3 Å². The molecule has 0 unspecified atom stereocenters. The van der Waals surface area contributed by atoms with Gasteiger partial charge in [0.2, 0.25) is 0 Å². The average Bonchev–Trinajstić information content (AvgIpc) is 3.25. The zero-order valence-electron chi connectivity index (χ0n) is 15.7. The van der Waals surface area contributed by atoms with E-state index in [1.807, 2.05) is 18.2 Å². The highest BCUT2D eigenvalue weighted by molar-refractivity contribution is 6.30. The van der Waals surface area contributed by atoms with Crippen molar-refractivity contribution in [3.05, 3.63) is 63.9 Å². The van der Waals surface area contributed by atoms with Gasteiger partial charge in [0, 0.05) is 34.8 Å². The molecule has 0 radical (unpaired) electrons. The third-order valence-electron chi connectivity index (χ3n) is 4.78. The first-order chi connectivity index (χ1) is 13.9. The Kier molecular flexibility index (Phi) is 4.61. The van der Waals surface area contributed by atoms with E-state index < -0.39 is 11.8 Å². The molecule has 7 heteroatoms. The highest BCUT2D eigenvalue weighted by atomic mass is 35.5. The van der Waals surface area contributed by atoms with Crippen molar-refractivity contribution in [3.8, 4) is 17.4 Å². The minimum atomic E-state index is -0.574. The van der Waals surface area contributed by atoms with Crippen molar-refractivity contribution in [2.24, 2.45) is 0 Å². The van der Waals surface area contributed by atoms with Gasteiger partial charge >= 0.3 is 0 Å². The number of fused-ring (bicyclic) bond motifs is 1. The van der Waals surface area contributed by atoms with E-state index in [0.717, 1.165) is 10.5 Å². The van der Waals surface area contributed by atoms with E-state index in [1.54, 1.807) is 38.1 Å². The minimum absolute atomic E-state index is 0.0435. The van der Waals surface area contributed by atoms with Crippen LogP contribution in [0.15, 0.2) is 62.0 Å². The Morgan fingerprint density at radius 1 is 1.10 bits per heavy atom. The van der Waals surface area contributed by atoms with Crippen LogP contribution >= 0.6 is 11.6 Å². The van der Waals surface area contributed by atoms with Crippen LogP contribution in [0.3, 0.4) is 0 Å². The summed E-state index contributed by atoms with van der Waals surface area (Å²) in [6.07, 6.45) is 1.53. The molecule has 0 N–H and O–H groups in total. The zero-order chi connectivity index (χ0) is 20.7. The Balaban J connectivity index is 1.74. The second-order valence-electron chi connectivity index (χ2n) is 6.52. The highest BCUT2D eigenvalue weighted by Gasteiger charge is 2.34. The lowest BCUT2D eigenvalue weighted by molar-refractivity contribution is -0.140. The van der Waals surface area contributed by atoms with E-state index in [4.69, 9.17) is 20.4 Å². The normalized spacial score (nSPS) is 16.2. The first-order valence-electron chi connectivity index (χ1n) is 8.91.